The molecule has 3 rings (SSSR count). The first-order valence-electron chi connectivity index (χ1n) is 8.65. The summed E-state index contributed by atoms with van der Waals surface area (Å²) >= 11 is 1.32. The van der Waals surface area contributed by atoms with Crippen molar-refractivity contribution in [2.45, 2.75) is 0 Å². The number of benzene rings is 2. The molecule has 0 saturated carbocycles. The molecule has 0 unspecified atom stereocenters. The van der Waals surface area contributed by atoms with Gasteiger partial charge in [-0.2, -0.15) is 0 Å². The van der Waals surface area contributed by atoms with Crippen LogP contribution in [-0.2, 0) is 14.3 Å². The predicted molar refractivity (Wildman–Crippen MR) is 111 cm³/mol. The second kappa shape index (κ2) is 9.57. The van der Waals surface area contributed by atoms with Crippen LogP contribution in [0.5, 0.6) is 0 Å². The molecule has 0 aliphatic heterocycles. The maximum atomic E-state index is 13.1. The van der Waals surface area contributed by atoms with Crippen LogP contribution in [0.25, 0.3) is 11.6 Å². The van der Waals surface area contributed by atoms with Gasteiger partial charge in [-0.05, 0) is 47.4 Å². The van der Waals surface area contributed by atoms with E-state index in [1.807, 2.05) is 0 Å². The van der Waals surface area contributed by atoms with Gasteiger partial charge < -0.3 is 10.1 Å². The van der Waals surface area contributed by atoms with E-state index >= 15 is 0 Å². The van der Waals surface area contributed by atoms with Gasteiger partial charge in [0.05, 0.1) is 10.5 Å². The maximum absolute atomic E-state index is 13.1. The van der Waals surface area contributed by atoms with Gasteiger partial charge in [0, 0.05) is 22.7 Å². The number of thiophene rings is 1. The Hall–Kier alpha value is -3.85. The van der Waals surface area contributed by atoms with Crippen molar-refractivity contribution in [3.8, 4) is 0 Å². The fourth-order valence-electron chi connectivity index (χ4n) is 2.46. The number of non-ortho nitro benzene ring substituents is 1. The summed E-state index contributed by atoms with van der Waals surface area (Å²) in [4.78, 5) is 35.4. The molecule has 0 aliphatic rings. The number of esters is 1. The van der Waals surface area contributed by atoms with Crippen molar-refractivity contribution in [3.05, 3.63) is 92.4 Å². The van der Waals surface area contributed by atoms with Gasteiger partial charge in [0.15, 0.2) is 6.61 Å². The second-order valence-corrected chi connectivity index (χ2v) is 6.96. The van der Waals surface area contributed by atoms with Gasteiger partial charge >= 0.3 is 5.97 Å². The standard InChI is InChI=1S/C21H15FN2O5S/c22-15-5-3-14(4-6-15)12-18(19-2-1-11-30-19)21(26)29-13-20(25)23-16-7-9-17(10-8-16)24(27)28/h1-12H,13H2,(H,23,25)/b18-12+. The lowest BCUT2D eigenvalue weighted by atomic mass is 10.1. The van der Waals surface area contributed by atoms with Crippen LogP contribution in [0.3, 0.4) is 0 Å². The van der Waals surface area contributed by atoms with E-state index in [9.17, 15) is 24.1 Å². The molecule has 0 aliphatic carbocycles. The Morgan fingerprint density at radius 1 is 1.10 bits per heavy atom. The molecule has 1 heterocycles. The van der Waals surface area contributed by atoms with Gasteiger partial charge in [-0.1, -0.05) is 18.2 Å². The summed E-state index contributed by atoms with van der Waals surface area (Å²) in [6.45, 7) is -0.540. The number of nitro benzene ring substituents is 1. The molecule has 1 N–H and O–H groups in total. The molecule has 2 aromatic carbocycles. The Bertz CT molecular complexity index is 1080. The van der Waals surface area contributed by atoms with Crippen LogP contribution in [0.4, 0.5) is 15.8 Å². The van der Waals surface area contributed by atoms with Crippen LogP contribution in [-0.4, -0.2) is 23.4 Å². The largest absolute Gasteiger partial charge is 0.452 e. The third-order valence-electron chi connectivity index (χ3n) is 3.88. The second-order valence-electron chi connectivity index (χ2n) is 6.02. The van der Waals surface area contributed by atoms with Crippen molar-refractivity contribution in [3.63, 3.8) is 0 Å². The zero-order valence-corrected chi connectivity index (χ0v) is 16.2. The predicted octanol–water partition coefficient (Wildman–Crippen LogP) is 4.52. The number of amides is 1. The summed E-state index contributed by atoms with van der Waals surface area (Å²) in [7, 11) is 0. The zero-order chi connectivity index (χ0) is 21.5. The molecule has 3 aromatic rings. The highest BCUT2D eigenvalue weighted by molar-refractivity contribution is 7.11. The number of ether oxygens (including phenoxy) is 1. The van der Waals surface area contributed by atoms with Crippen LogP contribution in [0, 0.1) is 15.9 Å². The quantitative estimate of drug-likeness (QED) is 0.259. The van der Waals surface area contributed by atoms with Crippen LogP contribution >= 0.6 is 11.3 Å². The lowest BCUT2D eigenvalue weighted by Gasteiger charge is -2.08. The molecule has 30 heavy (non-hydrogen) atoms. The van der Waals surface area contributed by atoms with Crippen molar-refractivity contribution in [1.82, 2.24) is 0 Å². The highest BCUT2D eigenvalue weighted by atomic mass is 32.1. The highest BCUT2D eigenvalue weighted by Crippen LogP contribution is 2.24. The number of nitrogens with one attached hydrogen (secondary N) is 1. The van der Waals surface area contributed by atoms with Gasteiger partial charge in [-0.15, -0.1) is 11.3 Å². The molecular formula is C21H15FN2O5S. The first-order valence-corrected chi connectivity index (χ1v) is 9.53. The number of hydrogen-bond acceptors (Lipinski definition) is 6. The molecule has 1 aromatic heterocycles. The SMILES string of the molecule is O=C(COC(=O)/C(=C/c1ccc(F)cc1)c1cccs1)Nc1ccc([N+](=O)[O-])cc1. The molecule has 0 saturated heterocycles. The van der Waals surface area contributed by atoms with Gasteiger partial charge in [0.25, 0.3) is 11.6 Å². The third kappa shape index (κ3) is 5.58. The third-order valence-corrected chi connectivity index (χ3v) is 4.79. The number of halogens is 1. The summed E-state index contributed by atoms with van der Waals surface area (Å²) in [6, 6.07) is 14.4. The Labute approximate surface area is 174 Å². The molecule has 1 amide bonds. The first-order chi connectivity index (χ1) is 14.4. The molecule has 152 valence electrons. The minimum atomic E-state index is -0.708. The normalized spacial score (nSPS) is 11.0. The summed E-state index contributed by atoms with van der Waals surface area (Å²) in [6.07, 6.45) is 1.56. The van der Waals surface area contributed by atoms with E-state index in [1.54, 1.807) is 23.6 Å². The lowest BCUT2D eigenvalue weighted by Crippen LogP contribution is -2.21. The molecular weight excluding hydrogens is 411 g/mol. The lowest BCUT2D eigenvalue weighted by molar-refractivity contribution is -0.384. The van der Waals surface area contributed by atoms with E-state index in [2.05, 4.69) is 5.32 Å². The van der Waals surface area contributed by atoms with Crippen LogP contribution in [0.2, 0.25) is 0 Å². The number of carbonyl (C=O) groups excluding carboxylic acids is 2. The van der Waals surface area contributed by atoms with Crippen molar-refractivity contribution >= 4 is 46.2 Å². The number of nitrogens with zero attached hydrogens (tertiary/aromatic N) is 1. The van der Waals surface area contributed by atoms with E-state index in [4.69, 9.17) is 4.74 Å². The summed E-state index contributed by atoms with van der Waals surface area (Å²) in [5, 5.41) is 14.9. The smallest absolute Gasteiger partial charge is 0.340 e. The van der Waals surface area contributed by atoms with Gasteiger partial charge in [-0.25, -0.2) is 9.18 Å². The Kier molecular flexibility index (Phi) is 6.66. The van der Waals surface area contributed by atoms with E-state index in [0.29, 0.717) is 16.1 Å². The van der Waals surface area contributed by atoms with Crippen LogP contribution in [0.1, 0.15) is 10.4 Å². The summed E-state index contributed by atoms with van der Waals surface area (Å²) in [5.41, 5.74) is 1.07. The van der Waals surface area contributed by atoms with E-state index in [1.165, 1.54) is 59.9 Å². The molecule has 0 bridgehead atoms. The van der Waals surface area contributed by atoms with Gasteiger partial charge in [-0.3, -0.25) is 14.9 Å². The minimum absolute atomic E-state index is 0.106. The van der Waals surface area contributed by atoms with E-state index in [0.717, 1.165) is 0 Å². The highest BCUT2D eigenvalue weighted by Gasteiger charge is 2.17. The molecule has 0 spiro atoms. The Morgan fingerprint density at radius 2 is 1.80 bits per heavy atom. The summed E-state index contributed by atoms with van der Waals surface area (Å²) in [5.74, 6) is -1.69. The van der Waals surface area contributed by atoms with E-state index < -0.39 is 29.2 Å². The number of rotatable bonds is 7. The van der Waals surface area contributed by atoms with Gasteiger partial charge in [0.2, 0.25) is 0 Å². The Morgan fingerprint density at radius 3 is 2.40 bits per heavy atom. The fourth-order valence-corrected chi connectivity index (χ4v) is 3.19. The average molecular weight is 426 g/mol. The van der Waals surface area contributed by atoms with Gasteiger partial charge in [0.1, 0.15) is 5.82 Å². The minimum Gasteiger partial charge on any atom is -0.452 e. The molecule has 0 fully saturated rings. The Balaban J connectivity index is 1.66. The first kappa shape index (κ1) is 20.9. The summed E-state index contributed by atoms with van der Waals surface area (Å²) < 4.78 is 18.2. The molecule has 0 radical (unpaired) electrons. The molecule has 9 heteroatoms. The van der Waals surface area contributed by atoms with E-state index in [-0.39, 0.29) is 11.3 Å². The van der Waals surface area contributed by atoms with Crippen molar-refractivity contribution < 1.29 is 23.6 Å². The van der Waals surface area contributed by atoms with Crippen molar-refractivity contribution in [2.75, 3.05) is 11.9 Å². The number of anilines is 1. The zero-order valence-electron chi connectivity index (χ0n) is 15.4. The monoisotopic (exact) mass is 426 g/mol. The van der Waals surface area contributed by atoms with Crippen LogP contribution < -0.4 is 5.32 Å². The number of nitro groups is 1. The maximum Gasteiger partial charge on any atom is 0.340 e. The van der Waals surface area contributed by atoms with Crippen LogP contribution in [0.15, 0.2) is 66.0 Å². The average Bonchev–Trinajstić information content (AvgIpc) is 3.26. The van der Waals surface area contributed by atoms with Crippen molar-refractivity contribution in [2.24, 2.45) is 0 Å². The molecule has 0 atom stereocenters. The molecule has 7 nitrogen and oxygen atoms in total. The fraction of sp³-hybridized carbons (Fsp3) is 0.0476. The number of hydrogen-bond donors (Lipinski definition) is 1. The number of carbonyl (C=O) groups is 2. The topological polar surface area (TPSA) is 98.5 Å². The van der Waals surface area contributed by atoms with Crippen molar-refractivity contribution in [1.29, 1.82) is 0 Å².